The summed E-state index contributed by atoms with van der Waals surface area (Å²) < 4.78 is 7.87. The Hall–Kier alpha value is -0.870. The van der Waals surface area contributed by atoms with Crippen molar-refractivity contribution in [3.8, 4) is 0 Å². The number of guanidine groups is 1. The predicted octanol–water partition coefficient (Wildman–Crippen LogP) is 2.11. The van der Waals surface area contributed by atoms with Gasteiger partial charge in [0, 0.05) is 45.5 Å². The molecule has 0 aliphatic carbocycles. The summed E-state index contributed by atoms with van der Waals surface area (Å²) >= 11 is 0. The Morgan fingerprint density at radius 2 is 2.22 bits per heavy atom. The molecule has 0 radical (unpaired) electrons. The van der Waals surface area contributed by atoms with E-state index < -0.39 is 0 Å². The van der Waals surface area contributed by atoms with E-state index in [0.29, 0.717) is 12.5 Å². The van der Waals surface area contributed by atoms with Crippen molar-refractivity contribution in [2.24, 2.45) is 10.9 Å². The number of halogens is 1. The van der Waals surface area contributed by atoms with Crippen molar-refractivity contribution in [3.05, 3.63) is 18.0 Å². The maximum atomic E-state index is 5.89. The third-order valence-corrected chi connectivity index (χ3v) is 4.26. The standard InChI is InChI=1S/C19H36N6O.HI/c1-5-20-19(21-7-6-8-25-14-17(4)11-23-25)22-12-18-15-24(9-10-26-18)13-16(2)3;/h11,14,16,18H,5-10,12-13,15H2,1-4H3,(H2,20,21,22);1H. The highest BCUT2D eigenvalue weighted by Gasteiger charge is 2.20. The van der Waals surface area contributed by atoms with E-state index in [1.165, 1.54) is 5.56 Å². The van der Waals surface area contributed by atoms with Gasteiger partial charge in [-0.15, -0.1) is 24.0 Å². The predicted molar refractivity (Wildman–Crippen MR) is 122 cm³/mol. The molecule has 2 N–H and O–H groups in total. The van der Waals surface area contributed by atoms with Gasteiger partial charge in [-0.25, -0.2) is 0 Å². The van der Waals surface area contributed by atoms with Crippen LogP contribution in [0, 0.1) is 12.8 Å². The van der Waals surface area contributed by atoms with Crippen LogP contribution in [-0.2, 0) is 11.3 Å². The summed E-state index contributed by atoms with van der Waals surface area (Å²) in [5.74, 6) is 1.56. The normalized spacial score (nSPS) is 18.4. The van der Waals surface area contributed by atoms with Crippen LogP contribution in [-0.4, -0.2) is 72.6 Å². The van der Waals surface area contributed by atoms with Gasteiger partial charge in [0.1, 0.15) is 0 Å². The molecule has 2 heterocycles. The molecule has 8 heteroatoms. The van der Waals surface area contributed by atoms with Gasteiger partial charge >= 0.3 is 0 Å². The average Bonchev–Trinajstić information content (AvgIpc) is 3.01. The summed E-state index contributed by atoms with van der Waals surface area (Å²) in [6.07, 6.45) is 5.16. The van der Waals surface area contributed by atoms with Gasteiger partial charge in [0.05, 0.1) is 25.5 Å². The number of aryl methyl sites for hydroxylation is 2. The van der Waals surface area contributed by atoms with Gasteiger partial charge < -0.3 is 15.4 Å². The van der Waals surface area contributed by atoms with Crippen LogP contribution in [0.15, 0.2) is 17.4 Å². The minimum absolute atomic E-state index is 0. The van der Waals surface area contributed by atoms with Crippen molar-refractivity contribution in [1.82, 2.24) is 25.3 Å². The molecule has 2 rings (SSSR count). The minimum Gasteiger partial charge on any atom is -0.374 e. The Balaban J connectivity index is 0.00000364. The van der Waals surface area contributed by atoms with Gasteiger partial charge in [0.2, 0.25) is 0 Å². The first-order valence-corrected chi connectivity index (χ1v) is 9.92. The summed E-state index contributed by atoms with van der Waals surface area (Å²) in [4.78, 5) is 7.21. The molecular formula is C19H37IN6O. The zero-order valence-corrected chi connectivity index (χ0v) is 19.6. The Morgan fingerprint density at radius 3 is 2.89 bits per heavy atom. The van der Waals surface area contributed by atoms with Gasteiger partial charge in [-0.3, -0.25) is 14.6 Å². The minimum atomic E-state index is 0. The third kappa shape index (κ3) is 9.75. The lowest BCUT2D eigenvalue weighted by Crippen LogP contribution is -2.46. The number of ether oxygens (including phenoxy) is 1. The Bertz CT molecular complexity index is 548. The summed E-state index contributed by atoms with van der Waals surface area (Å²) in [6.45, 7) is 16.0. The molecule has 156 valence electrons. The van der Waals surface area contributed by atoms with Crippen LogP contribution in [0.3, 0.4) is 0 Å². The summed E-state index contributed by atoms with van der Waals surface area (Å²) in [6, 6.07) is 0. The van der Waals surface area contributed by atoms with Gasteiger partial charge in [0.25, 0.3) is 0 Å². The zero-order chi connectivity index (χ0) is 18.8. The number of aromatic nitrogens is 2. The van der Waals surface area contributed by atoms with E-state index in [4.69, 9.17) is 9.73 Å². The van der Waals surface area contributed by atoms with Crippen LogP contribution >= 0.6 is 24.0 Å². The summed E-state index contributed by atoms with van der Waals surface area (Å²) in [5, 5.41) is 11.0. The van der Waals surface area contributed by atoms with Gasteiger partial charge in [-0.2, -0.15) is 5.10 Å². The highest BCUT2D eigenvalue weighted by Crippen LogP contribution is 2.08. The highest BCUT2D eigenvalue weighted by molar-refractivity contribution is 14.0. The maximum Gasteiger partial charge on any atom is 0.191 e. The van der Waals surface area contributed by atoms with Crippen molar-refractivity contribution in [3.63, 3.8) is 0 Å². The number of nitrogens with zero attached hydrogens (tertiary/aromatic N) is 4. The van der Waals surface area contributed by atoms with Gasteiger partial charge in [0.15, 0.2) is 5.96 Å². The number of morpholine rings is 1. The van der Waals surface area contributed by atoms with Crippen molar-refractivity contribution >= 4 is 29.9 Å². The lowest BCUT2D eigenvalue weighted by Gasteiger charge is -2.33. The Morgan fingerprint density at radius 1 is 1.41 bits per heavy atom. The van der Waals surface area contributed by atoms with E-state index in [9.17, 15) is 0 Å². The number of rotatable bonds is 9. The zero-order valence-electron chi connectivity index (χ0n) is 17.3. The molecule has 0 amide bonds. The third-order valence-electron chi connectivity index (χ3n) is 4.26. The average molecular weight is 492 g/mol. The largest absolute Gasteiger partial charge is 0.374 e. The lowest BCUT2D eigenvalue weighted by molar-refractivity contribution is -0.0261. The number of hydrogen-bond acceptors (Lipinski definition) is 4. The van der Waals surface area contributed by atoms with Crippen molar-refractivity contribution in [1.29, 1.82) is 0 Å². The van der Waals surface area contributed by atoms with Crippen LogP contribution in [0.5, 0.6) is 0 Å². The second-order valence-electron chi connectivity index (χ2n) is 7.43. The first-order chi connectivity index (χ1) is 12.6. The van der Waals surface area contributed by atoms with Crippen LogP contribution in [0.25, 0.3) is 0 Å². The van der Waals surface area contributed by atoms with Crippen molar-refractivity contribution in [2.45, 2.75) is 46.8 Å². The Labute approximate surface area is 181 Å². The number of nitrogens with one attached hydrogen (secondary N) is 2. The molecule has 0 saturated carbocycles. The first kappa shape index (κ1) is 24.2. The fraction of sp³-hybridized carbons (Fsp3) is 0.789. The molecule has 27 heavy (non-hydrogen) atoms. The SMILES string of the molecule is CCNC(=NCC1CN(CC(C)C)CCO1)NCCCn1cc(C)cn1.I. The smallest absolute Gasteiger partial charge is 0.191 e. The van der Waals surface area contributed by atoms with Crippen molar-refractivity contribution in [2.75, 3.05) is 45.9 Å². The quantitative estimate of drug-likeness (QED) is 0.239. The second-order valence-corrected chi connectivity index (χ2v) is 7.43. The summed E-state index contributed by atoms with van der Waals surface area (Å²) in [7, 11) is 0. The topological polar surface area (TPSA) is 66.7 Å². The summed E-state index contributed by atoms with van der Waals surface area (Å²) in [5.41, 5.74) is 1.20. The van der Waals surface area contributed by atoms with Crippen LogP contribution in [0.4, 0.5) is 0 Å². The van der Waals surface area contributed by atoms with Gasteiger partial charge in [-0.1, -0.05) is 13.8 Å². The molecular weight excluding hydrogens is 455 g/mol. The number of hydrogen-bond donors (Lipinski definition) is 2. The fourth-order valence-electron chi connectivity index (χ4n) is 3.15. The Kier molecular flexibility index (Phi) is 11.9. The lowest BCUT2D eigenvalue weighted by atomic mass is 10.2. The van der Waals surface area contributed by atoms with Crippen molar-refractivity contribution < 1.29 is 4.74 Å². The van der Waals surface area contributed by atoms with Crippen LogP contribution in [0.2, 0.25) is 0 Å². The van der Waals surface area contributed by atoms with E-state index in [-0.39, 0.29) is 30.1 Å². The van der Waals surface area contributed by atoms with E-state index in [0.717, 1.165) is 58.3 Å². The second kappa shape index (κ2) is 13.3. The van der Waals surface area contributed by atoms with E-state index in [1.807, 2.05) is 10.9 Å². The molecule has 1 aliphatic rings. The molecule has 1 aromatic heterocycles. The molecule has 0 aromatic carbocycles. The van der Waals surface area contributed by atoms with Gasteiger partial charge in [-0.05, 0) is 31.7 Å². The molecule has 1 aromatic rings. The molecule has 1 fully saturated rings. The fourth-order valence-corrected chi connectivity index (χ4v) is 3.15. The first-order valence-electron chi connectivity index (χ1n) is 9.92. The van der Waals surface area contributed by atoms with Crippen LogP contribution in [0.1, 0.15) is 32.8 Å². The van der Waals surface area contributed by atoms with E-state index in [2.05, 4.69) is 54.5 Å². The van der Waals surface area contributed by atoms with E-state index >= 15 is 0 Å². The maximum absolute atomic E-state index is 5.89. The molecule has 1 saturated heterocycles. The monoisotopic (exact) mass is 492 g/mol. The molecule has 7 nitrogen and oxygen atoms in total. The molecule has 1 atom stereocenters. The van der Waals surface area contributed by atoms with Crippen LogP contribution < -0.4 is 10.6 Å². The molecule has 1 unspecified atom stereocenters. The van der Waals surface area contributed by atoms with E-state index in [1.54, 1.807) is 0 Å². The highest BCUT2D eigenvalue weighted by atomic mass is 127. The number of aliphatic imine (C=N–C) groups is 1. The molecule has 0 spiro atoms. The molecule has 0 bridgehead atoms. The molecule has 1 aliphatic heterocycles.